The first kappa shape index (κ1) is 18.1. The molecule has 0 saturated heterocycles. The minimum absolute atomic E-state index is 0.273. The summed E-state index contributed by atoms with van der Waals surface area (Å²) in [7, 11) is -3.55. The lowest BCUT2D eigenvalue weighted by molar-refractivity contribution is 0.341. The van der Waals surface area contributed by atoms with Crippen molar-refractivity contribution in [2.24, 2.45) is 0 Å². The first-order valence-corrected chi connectivity index (χ1v) is 9.78. The van der Waals surface area contributed by atoms with Crippen LogP contribution >= 0.6 is 31.9 Å². The van der Waals surface area contributed by atoms with Crippen molar-refractivity contribution in [1.29, 1.82) is 0 Å². The van der Waals surface area contributed by atoms with Crippen LogP contribution in [0.3, 0.4) is 0 Å². The minimum Gasteiger partial charge on any atom is -0.207 e. The van der Waals surface area contributed by atoms with Crippen molar-refractivity contribution >= 4 is 41.9 Å². The predicted octanol–water partition coefficient (Wildman–Crippen LogP) is 4.77. The Morgan fingerprint density at radius 2 is 1.55 bits per heavy atom. The number of sulfonamides is 1. The van der Waals surface area contributed by atoms with Gasteiger partial charge in [-0.1, -0.05) is 36.7 Å². The Morgan fingerprint density at radius 3 is 2.00 bits per heavy atom. The molecule has 0 amide bonds. The van der Waals surface area contributed by atoms with E-state index in [-0.39, 0.29) is 10.4 Å². The van der Waals surface area contributed by atoms with Crippen LogP contribution in [-0.2, 0) is 10.0 Å². The fourth-order valence-corrected chi connectivity index (χ4v) is 5.43. The van der Waals surface area contributed by atoms with Gasteiger partial charge in [0.1, 0.15) is 0 Å². The summed E-state index contributed by atoms with van der Waals surface area (Å²) in [6.07, 6.45) is 2.30. The molecule has 0 radical (unpaired) electrons. The van der Waals surface area contributed by atoms with Crippen LogP contribution in [0.25, 0.3) is 0 Å². The van der Waals surface area contributed by atoms with Gasteiger partial charge in [-0.25, -0.2) is 13.1 Å². The zero-order valence-corrected chi connectivity index (χ0v) is 16.2. The molecule has 1 N–H and O–H groups in total. The number of nitrogens with one attached hydrogen (secondary N) is 1. The summed E-state index contributed by atoms with van der Waals surface area (Å²) in [6.45, 7) is 7.95. The van der Waals surface area contributed by atoms with Crippen LogP contribution < -0.4 is 4.72 Å². The molecule has 20 heavy (non-hydrogen) atoms. The van der Waals surface area contributed by atoms with Gasteiger partial charge in [-0.05, 0) is 59.8 Å². The highest BCUT2D eigenvalue weighted by atomic mass is 79.9. The van der Waals surface area contributed by atoms with E-state index in [1.165, 1.54) is 0 Å². The number of halogens is 2. The van der Waals surface area contributed by atoms with Gasteiger partial charge in [-0.2, -0.15) is 0 Å². The Morgan fingerprint density at radius 1 is 1.05 bits per heavy atom. The third-order valence-corrected chi connectivity index (χ3v) is 7.28. The minimum atomic E-state index is -3.55. The van der Waals surface area contributed by atoms with E-state index in [0.717, 1.165) is 29.3 Å². The molecule has 1 rings (SSSR count). The van der Waals surface area contributed by atoms with Crippen molar-refractivity contribution in [3.8, 4) is 0 Å². The van der Waals surface area contributed by atoms with E-state index >= 15 is 0 Å². The molecule has 114 valence electrons. The number of aryl methyl sites for hydroxylation is 1. The number of benzene rings is 1. The molecule has 0 fully saturated rings. The molecule has 0 aliphatic rings. The van der Waals surface area contributed by atoms with Crippen molar-refractivity contribution in [1.82, 2.24) is 4.72 Å². The summed E-state index contributed by atoms with van der Waals surface area (Å²) in [5.74, 6) is 0. The number of hydrogen-bond acceptors (Lipinski definition) is 2. The van der Waals surface area contributed by atoms with Gasteiger partial charge in [0.05, 0.1) is 4.90 Å². The van der Waals surface area contributed by atoms with Crippen molar-refractivity contribution in [3.63, 3.8) is 0 Å². The highest BCUT2D eigenvalue weighted by Gasteiger charge is 2.31. The normalized spacial score (nSPS) is 12.7. The van der Waals surface area contributed by atoms with E-state index < -0.39 is 10.0 Å². The zero-order chi connectivity index (χ0) is 15.6. The van der Waals surface area contributed by atoms with E-state index in [2.05, 4.69) is 36.6 Å². The maximum Gasteiger partial charge on any atom is 0.242 e. The van der Waals surface area contributed by atoms with E-state index in [4.69, 9.17) is 0 Å². The second-order valence-electron chi connectivity index (χ2n) is 4.98. The van der Waals surface area contributed by atoms with Crippen molar-refractivity contribution in [3.05, 3.63) is 26.6 Å². The molecule has 0 atom stereocenters. The molecular weight excluding hydrogens is 406 g/mol. The van der Waals surface area contributed by atoms with E-state index in [1.807, 2.05) is 33.8 Å². The first-order valence-electron chi connectivity index (χ1n) is 6.71. The Hall–Kier alpha value is 0.0900. The fraction of sp³-hybridized carbons (Fsp3) is 0.571. The Balaban J connectivity index is 3.28. The molecule has 0 bridgehead atoms. The van der Waals surface area contributed by atoms with Crippen LogP contribution in [0, 0.1) is 6.92 Å². The summed E-state index contributed by atoms with van der Waals surface area (Å²) in [4.78, 5) is 0.273. The quantitative estimate of drug-likeness (QED) is 0.712. The average Bonchev–Trinajstić information content (AvgIpc) is 2.40. The summed E-state index contributed by atoms with van der Waals surface area (Å²) < 4.78 is 29.5. The van der Waals surface area contributed by atoms with Gasteiger partial charge in [-0.3, -0.25) is 0 Å². The van der Waals surface area contributed by atoms with Crippen LogP contribution in [-0.4, -0.2) is 14.0 Å². The Kier molecular flexibility index (Phi) is 6.26. The lowest BCUT2D eigenvalue weighted by Crippen LogP contribution is -2.47. The van der Waals surface area contributed by atoms with Crippen LogP contribution in [0.2, 0.25) is 0 Å². The van der Waals surface area contributed by atoms with Gasteiger partial charge >= 0.3 is 0 Å². The van der Waals surface area contributed by atoms with Gasteiger partial charge in [-0.15, -0.1) is 0 Å². The molecule has 0 aliphatic heterocycles. The molecule has 0 spiro atoms. The average molecular weight is 427 g/mol. The standard InChI is InChI=1S/C14H21Br2NO2S/c1-5-14(6-2,7-3)17-20(18,19)13-9-11(15)10(4)8-12(13)16/h8-9,17H,5-7H2,1-4H3. The van der Waals surface area contributed by atoms with Crippen molar-refractivity contribution in [2.75, 3.05) is 0 Å². The van der Waals surface area contributed by atoms with Gasteiger partial charge < -0.3 is 0 Å². The fourth-order valence-electron chi connectivity index (χ4n) is 2.14. The van der Waals surface area contributed by atoms with Gasteiger partial charge in [0.15, 0.2) is 0 Å². The molecular formula is C14H21Br2NO2S. The largest absolute Gasteiger partial charge is 0.242 e. The zero-order valence-electron chi connectivity index (χ0n) is 12.3. The van der Waals surface area contributed by atoms with E-state index in [1.54, 1.807) is 6.07 Å². The van der Waals surface area contributed by atoms with E-state index in [0.29, 0.717) is 4.47 Å². The SMILES string of the molecule is CCC(CC)(CC)NS(=O)(=O)c1cc(Br)c(C)cc1Br. The number of rotatable bonds is 6. The van der Waals surface area contributed by atoms with Crippen LogP contribution in [0.1, 0.15) is 45.6 Å². The third kappa shape index (κ3) is 3.84. The molecule has 6 heteroatoms. The van der Waals surface area contributed by atoms with Crippen LogP contribution in [0.5, 0.6) is 0 Å². The van der Waals surface area contributed by atoms with Crippen molar-refractivity contribution in [2.45, 2.75) is 57.4 Å². The molecule has 1 aromatic carbocycles. The summed E-state index contributed by atoms with van der Waals surface area (Å²) >= 11 is 6.74. The maximum absolute atomic E-state index is 12.6. The Bertz CT molecular complexity index is 573. The molecule has 0 aromatic heterocycles. The summed E-state index contributed by atoms with van der Waals surface area (Å²) in [5.41, 5.74) is 0.610. The van der Waals surface area contributed by atoms with Crippen LogP contribution in [0.15, 0.2) is 26.0 Å². The van der Waals surface area contributed by atoms with Gasteiger partial charge in [0.2, 0.25) is 10.0 Å². The second kappa shape index (κ2) is 6.90. The monoisotopic (exact) mass is 425 g/mol. The number of hydrogen-bond donors (Lipinski definition) is 1. The second-order valence-corrected chi connectivity index (χ2v) is 8.34. The van der Waals surface area contributed by atoms with Gasteiger partial charge in [0, 0.05) is 14.5 Å². The van der Waals surface area contributed by atoms with Crippen molar-refractivity contribution < 1.29 is 8.42 Å². The summed E-state index contributed by atoms with van der Waals surface area (Å²) in [6, 6.07) is 3.46. The first-order chi connectivity index (χ1) is 9.21. The lowest BCUT2D eigenvalue weighted by Gasteiger charge is -2.31. The molecule has 0 saturated carbocycles. The third-order valence-electron chi connectivity index (χ3n) is 3.88. The maximum atomic E-state index is 12.6. The lowest BCUT2D eigenvalue weighted by atomic mass is 9.91. The predicted molar refractivity (Wildman–Crippen MR) is 90.5 cm³/mol. The van der Waals surface area contributed by atoms with Gasteiger partial charge in [0.25, 0.3) is 0 Å². The Labute approximate surface area is 138 Å². The highest BCUT2D eigenvalue weighted by molar-refractivity contribution is 9.11. The molecule has 0 heterocycles. The summed E-state index contributed by atoms with van der Waals surface area (Å²) in [5, 5.41) is 0. The molecule has 3 nitrogen and oxygen atoms in total. The molecule has 0 aliphatic carbocycles. The highest BCUT2D eigenvalue weighted by Crippen LogP contribution is 2.31. The molecule has 1 aromatic rings. The van der Waals surface area contributed by atoms with E-state index in [9.17, 15) is 8.42 Å². The van der Waals surface area contributed by atoms with Crippen LogP contribution in [0.4, 0.5) is 0 Å². The smallest absolute Gasteiger partial charge is 0.207 e. The molecule has 0 unspecified atom stereocenters. The topological polar surface area (TPSA) is 46.2 Å².